The van der Waals surface area contributed by atoms with Gasteiger partial charge in [-0.05, 0) is 36.2 Å². The SMILES string of the molecule is Cc1ccc(C2CN(Cc3ccccc3)CC2c2cc(=O)[nH]c(NCc3cccnc3)n2)o1.Cl. The molecule has 0 amide bonds. The van der Waals surface area contributed by atoms with Crippen molar-refractivity contribution in [1.82, 2.24) is 19.9 Å². The maximum absolute atomic E-state index is 12.5. The van der Waals surface area contributed by atoms with Crippen LogP contribution in [0.4, 0.5) is 5.95 Å². The molecule has 1 aromatic carbocycles. The molecule has 8 heteroatoms. The number of hydrogen-bond acceptors (Lipinski definition) is 6. The van der Waals surface area contributed by atoms with Gasteiger partial charge in [0.05, 0.1) is 5.69 Å². The van der Waals surface area contributed by atoms with Crippen molar-refractivity contribution in [2.24, 2.45) is 0 Å². The topological polar surface area (TPSA) is 87.0 Å². The third-order valence-corrected chi connectivity index (χ3v) is 6.10. The number of H-pyrrole nitrogens is 1. The van der Waals surface area contributed by atoms with Crippen molar-refractivity contribution in [3.63, 3.8) is 0 Å². The summed E-state index contributed by atoms with van der Waals surface area (Å²) < 4.78 is 6.02. The maximum Gasteiger partial charge on any atom is 0.252 e. The van der Waals surface area contributed by atoms with E-state index in [4.69, 9.17) is 9.40 Å². The standard InChI is InChI=1S/C26H27N5O2.ClH/c1-18-9-10-24(33-18)22-17-31(15-19-6-3-2-4-7-19)16-21(22)23-12-25(32)30-26(29-23)28-14-20-8-5-11-27-13-20;/h2-13,21-22H,14-17H2,1H3,(H2,28,29,30,32);1H. The van der Waals surface area contributed by atoms with Crippen LogP contribution in [-0.4, -0.2) is 32.9 Å². The maximum atomic E-state index is 12.5. The Hall–Kier alpha value is -3.42. The smallest absolute Gasteiger partial charge is 0.252 e. The quantitative estimate of drug-likeness (QED) is 0.408. The summed E-state index contributed by atoms with van der Waals surface area (Å²) in [4.78, 5) is 26.7. The predicted molar refractivity (Wildman–Crippen MR) is 134 cm³/mol. The fraction of sp³-hybridized carbons (Fsp3) is 0.269. The van der Waals surface area contributed by atoms with Gasteiger partial charge in [-0.1, -0.05) is 36.4 Å². The molecule has 4 aromatic rings. The summed E-state index contributed by atoms with van der Waals surface area (Å²) in [6.07, 6.45) is 3.53. The largest absolute Gasteiger partial charge is 0.466 e. The van der Waals surface area contributed by atoms with Crippen LogP contribution in [0.2, 0.25) is 0 Å². The van der Waals surface area contributed by atoms with E-state index in [0.717, 1.165) is 42.4 Å². The number of benzene rings is 1. The number of likely N-dealkylation sites (tertiary alicyclic amines) is 1. The van der Waals surface area contributed by atoms with E-state index in [1.54, 1.807) is 18.5 Å². The van der Waals surface area contributed by atoms with Crippen LogP contribution in [0, 0.1) is 6.92 Å². The van der Waals surface area contributed by atoms with E-state index in [2.05, 4.69) is 44.5 Å². The lowest BCUT2D eigenvalue weighted by Gasteiger charge is -2.17. The molecule has 0 bridgehead atoms. The first-order valence-corrected chi connectivity index (χ1v) is 11.2. The molecule has 1 saturated heterocycles. The third-order valence-electron chi connectivity index (χ3n) is 6.10. The fourth-order valence-corrected chi connectivity index (χ4v) is 4.54. The molecule has 2 atom stereocenters. The van der Waals surface area contributed by atoms with Crippen LogP contribution in [0.15, 0.2) is 82.3 Å². The van der Waals surface area contributed by atoms with Gasteiger partial charge in [0, 0.05) is 56.5 Å². The Morgan fingerprint density at radius 2 is 1.85 bits per heavy atom. The molecule has 2 unspecified atom stereocenters. The molecule has 1 aliphatic heterocycles. The van der Waals surface area contributed by atoms with Gasteiger partial charge in [-0.3, -0.25) is 19.7 Å². The van der Waals surface area contributed by atoms with Crippen LogP contribution in [0.25, 0.3) is 0 Å². The summed E-state index contributed by atoms with van der Waals surface area (Å²) in [6.45, 7) is 4.99. The van der Waals surface area contributed by atoms with Gasteiger partial charge >= 0.3 is 0 Å². The summed E-state index contributed by atoms with van der Waals surface area (Å²) in [7, 11) is 0. The zero-order chi connectivity index (χ0) is 22.6. The Morgan fingerprint density at radius 1 is 1.06 bits per heavy atom. The summed E-state index contributed by atoms with van der Waals surface area (Å²) in [5, 5.41) is 3.23. The molecule has 0 radical (unpaired) electrons. The van der Waals surface area contributed by atoms with Crippen molar-refractivity contribution < 1.29 is 4.42 Å². The lowest BCUT2D eigenvalue weighted by atomic mass is 9.90. The zero-order valence-corrected chi connectivity index (χ0v) is 19.8. The normalized spacial score (nSPS) is 17.9. The predicted octanol–water partition coefficient (Wildman–Crippen LogP) is 4.48. The Balaban J connectivity index is 0.00000274. The van der Waals surface area contributed by atoms with Crippen LogP contribution < -0.4 is 10.9 Å². The minimum Gasteiger partial charge on any atom is -0.466 e. The number of nitrogens with one attached hydrogen (secondary N) is 2. The third kappa shape index (κ3) is 5.55. The Morgan fingerprint density at radius 3 is 2.59 bits per heavy atom. The molecule has 34 heavy (non-hydrogen) atoms. The summed E-state index contributed by atoms with van der Waals surface area (Å²) in [5.74, 6) is 2.49. The monoisotopic (exact) mass is 477 g/mol. The molecule has 0 aliphatic carbocycles. The van der Waals surface area contributed by atoms with Gasteiger partial charge in [0.1, 0.15) is 11.5 Å². The minimum absolute atomic E-state index is 0. The van der Waals surface area contributed by atoms with E-state index in [1.165, 1.54) is 5.56 Å². The molecular weight excluding hydrogens is 450 g/mol. The lowest BCUT2D eigenvalue weighted by Crippen LogP contribution is -2.21. The lowest BCUT2D eigenvalue weighted by molar-refractivity contribution is 0.319. The van der Waals surface area contributed by atoms with Crippen molar-refractivity contribution in [3.8, 4) is 0 Å². The highest BCUT2D eigenvalue weighted by Crippen LogP contribution is 2.40. The molecule has 1 aliphatic rings. The second kappa shape index (κ2) is 10.7. The van der Waals surface area contributed by atoms with Gasteiger partial charge in [-0.2, -0.15) is 0 Å². The molecule has 7 nitrogen and oxygen atoms in total. The second-order valence-corrected chi connectivity index (χ2v) is 8.57. The van der Waals surface area contributed by atoms with Gasteiger partial charge in [-0.15, -0.1) is 12.4 Å². The highest BCUT2D eigenvalue weighted by molar-refractivity contribution is 5.85. The van der Waals surface area contributed by atoms with Gasteiger partial charge in [0.15, 0.2) is 0 Å². The Labute approximate surface area is 204 Å². The number of nitrogens with zero attached hydrogens (tertiary/aromatic N) is 3. The van der Waals surface area contributed by atoms with E-state index in [1.807, 2.05) is 37.3 Å². The molecule has 5 rings (SSSR count). The molecule has 176 valence electrons. The molecule has 0 spiro atoms. The molecule has 4 heterocycles. The van der Waals surface area contributed by atoms with Crippen LogP contribution >= 0.6 is 12.4 Å². The van der Waals surface area contributed by atoms with Gasteiger partial charge < -0.3 is 9.73 Å². The molecule has 1 fully saturated rings. The van der Waals surface area contributed by atoms with Crippen LogP contribution in [0.1, 0.15) is 40.2 Å². The number of hydrogen-bond donors (Lipinski definition) is 2. The zero-order valence-electron chi connectivity index (χ0n) is 19.0. The van der Waals surface area contributed by atoms with Gasteiger partial charge in [0.2, 0.25) is 5.95 Å². The second-order valence-electron chi connectivity index (χ2n) is 8.57. The average Bonchev–Trinajstić information content (AvgIpc) is 3.45. The van der Waals surface area contributed by atoms with Gasteiger partial charge in [0.25, 0.3) is 5.56 Å². The van der Waals surface area contributed by atoms with Crippen molar-refractivity contribution in [1.29, 1.82) is 0 Å². The number of furan rings is 1. The number of pyridine rings is 1. The van der Waals surface area contributed by atoms with Crippen LogP contribution in [0.3, 0.4) is 0 Å². The molecule has 3 aromatic heterocycles. The fourth-order valence-electron chi connectivity index (χ4n) is 4.54. The number of rotatable bonds is 7. The number of aryl methyl sites for hydroxylation is 1. The number of anilines is 1. The van der Waals surface area contributed by atoms with Crippen LogP contribution in [-0.2, 0) is 13.1 Å². The van der Waals surface area contributed by atoms with E-state index < -0.39 is 0 Å². The molecular formula is C26H28ClN5O2. The number of halogens is 1. The first kappa shape index (κ1) is 23.7. The summed E-state index contributed by atoms with van der Waals surface area (Å²) in [5.41, 5.74) is 2.90. The highest BCUT2D eigenvalue weighted by Gasteiger charge is 2.38. The highest BCUT2D eigenvalue weighted by atomic mass is 35.5. The number of aromatic nitrogens is 3. The molecule has 2 N–H and O–H groups in total. The Bertz CT molecular complexity index is 1260. The van der Waals surface area contributed by atoms with Gasteiger partial charge in [-0.25, -0.2) is 4.98 Å². The van der Waals surface area contributed by atoms with E-state index in [-0.39, 0.29) is 29.8 Å². The first-order valence-electron chi connectivity index (χ1n) is 11.2. The minimum atomic E-state index is -0.162. The Kier molecular flexibility index (Phi) is 7.45. The van der Waals surface area contributed by atoms with Crippen molar-refractivity contribution >= 4 is 18.4 Å². The summed E-state index contributed by atoms with van der Waals surface area (Å²) >= 11 is 0. The van der Waals surface area contributed by atoms with E-state index in [9.17, 15) is 4.79 Å². The van der Waals surface area contributed by atoms with Crippen molar-refractivity contribution in [3.05, 3.63) is 112 Å². The van der Waals surface area contributed by atoms with E-state index >= 15 is 0 Å². The van der Waals surface area contributed by atoms with Crippen molar-refractivity contribution in [2.45, 2.75) is 31.8 Å². The van der Waals surface area contributed by atoms with E-state index in [0.29, 0.717) is 12.5 Å². The summed E-state index contributed by atoms with van der Waals surface area (Å²) in [6, 6.07) is 20.0. The number of aromatic amines is 1. The van der Waals surface area contributed by atoms with Crippen molar-refractivity contribution in [2.75, 3.05) is 18.4 Å². The van der Waals surface area contributed by atoms with Crippen LogP contribution in [0.5, 0.6) is 0 Å². The first-order chi connectivity index (χ1) is 16.1. The molecule has 0 saturated carbocycles. The average molecular weight is 478 g/mol.